The van der Waals surface area contributed by atoms with Crippen LogP contribution in [-0.2, 0) is 15.0 Å². The molecule has 0 radical (unpaired) electrons. The summed E-state index contributed by atoms with van der Waals surface area (Å²) in [6, 6.07) is 5.08. The van der Waals surface area contributed by atoms with Gasteiger partial charge in [-0.05, 0) is 51.3 Å². The van der Waals surface area contributed by atoms with E-state index in [9.17, 15) is 29.7 Å². The number of hydrogen-bond acceptors (Lipinski definition) is 8. The van der Waals surface area contributed by atoms with Gasteiger partial charge in [-0.15, -0.1) is 0 Å². The Balaban J connectivity index is 1.89. The Hall–Kier alpha value is -4.07. The first-order valence-electron chi connectivity index (χ1n) is 11.2. The van der Waals surface area contributed by atoms with Crippen LogP contribution < -0.4 is 10.1 Å². The third kappa shape index (κ3) is 3.39. The van der Waals surface area contributed by atoms with E-state index in [2.05, 4.69) is 5.32 Å². The van der Waals surface area contributed by atoms with Gasteiger partial charge in [-0.2, -0.15) is 0 Å². The number of nitrogens with one attached hydrogen (secondary N) is 1. The van der Waals surface area contributed by atoms with Crippen molar-refractivity contribution in [2.24, 2.45) is 0 Å². The highest BCUT2D eigenvalue weighted by Gasteiger charge is 2.56. The molecule has 0 amide bonds. The number of ether oxygens (including phenoxy) is 1. The van der Waals surface area contributed by atoms with Gasteiger partial charge in [0, 0.05) is 17.3 Å². The number of allylic oxidation sites excluding steroid dienone is 4. The van der Waals surface area contributed by atoms with E-state index in [1.54, 1.807) is 19.1 Å². The second-order valence-electron chi connectivity index (χ2n) is 9.44. The first kappa shape index (κ1) is 24.1. The number of aromatic hydroxyl groups is 3. The van der Waals surface area contributed by atoms with Crippen LogP contribution in [0.25, 0.3) is 0 Å². The van der Waals surface area contributed by atoms with Crippen molar-refractivity contribution in [1.29, 1.82) is 0 Å². The second kappa shape index (κ2) is 8.01. The fourth-order valence-electron chi connectivity index (χ4n) is 4.64. The maximum Gasteiger partial charge on any atom is 0.194 e. The monoisotopic (exact) mass is 477 g/mol. The molecule has 8 heteroatoms. The third-order valence-corrected chi connectivity index (χ3v) is 6.77. The van der Waals surface area contributed by atoms with Gasteiger partial charge in [0.2, 0.25) is 0 Å². The molecule has 182 valence electrons. The summed E-state index contributed by atoms with van der Waals surface area (Å²) >= 11 is 0. The van der Waals surface area contributed by atoms with Crippen LogP contribution >= 0.6 is 0 Å². The van der Waals surface area contributed by atoms with Crippen molar-refractivity contribution in [1.82, 2.24) is 0 Å². The molecule has 0 unspecified atom stereocenters. The zero-order chi connectivity index (χ0) is 26.0. The molecule has 1 aliphatic carbocycles. The summed E-state index contributed by atoms with van der Waals surface area (Å²) in [5.74, 6) is -2.63. The van der Waals surface area contributed by atoms with E-state index in [1.165, 1.54) is 26.8 Å². The molecule has 4 rings (SSSR count). The molecule has 4 N–H and O–H groups in total. The summed E-state index contributed by atoms with van der Waals surface area (Å²) in [4.78, 5) is 39.2. The smallest absolute Gasteiger partial charge is 0.194 e. The lowest BCUT2D eigenvalue weighted by molar-refractivity contribution is -0.123. The molecular weight excluding hydrogens is 450 g/mol. The minimum atomic E-state index is -1.60. The second-order valence-corrected chi connectivity index (χ2v) is 9.44. The van der Waals surface area contributed by atoms with E-state index in [4.69, 9.17) is 4.74 Å². The molecule has 2 aromatic rings. The summed E-state index contributed by atoms with van der Waals surface area (Å²) in [6.45, 7) is 9.72. The van der Waals surface area contributed by atoms with Crippen LogP contribution in [-0.4, -0.2) is 32.7 Å². The molecule has 1 heterocycles. The number of ketones is 3. The number of benzene rings is 2. The number of Topliss-reactive ketones (excluding diaryl/α,β-unsaturated/α-hetero) is 2. The zero-order valence-corrected chi connectivity index (χ0v) is 20.4. The van der Waals surface area contributed by atoms with Crippen LogP contribution in [0.3, 0.4) is 0 Å². The lowest BCUT2D eigenvalue weighted by atomic mass is 9.70. The van der Waals surface area contributed by atoms with Gasteiger partial charge < -0.3 is 25.4 Å². The Kier molecular flexibility index (Phi) is 5.51. The number of rotatable bonds is 4. The molecule has 2 aliphatic rings. The largest absolute Gasteiger partial charge is 0.507 e. The number of hydrogen-bond donors (Lipinski definition) is 4. The van der Waals surface area contributed by atoms with Crippen LogP contribution in [0.15, 0.2) is 41.3 Å². The molecule has 0 spiro atoms. The highest BCUT2D eigenvalue weighted by molar-refractivity contribution is 6.31. The fraction of sp³-hybridized carbons (Fsp3) is 0.296. The van der Waals surface area contributed by atoms with Crippen LogP contribution in [0.4, 0.5) is 5.69 Å². The van der Waals surface area contributed by atoms with E-state index in [0.717, 1.165) is 11.6 Å². The van der Waals surface area contributed by atoms with Crippen molar-refractivity contribution in [2.45, 2.75) is 52.9 Å². The molecule has 2 aromatic carbocycles. The lowest BCUT2D eigenvalue weighted by Gasteiger charge is -2.29. The average Bonchev–Trinajstić information content (AvgIpc) is 3.06. The van der Waals surface area contributed by atoms with Gasteiger partial charge in [0.05, 0.1) is 16.8 Å². The quantitative estimate of drug-likeness (QED) is 0.219. The van der Waals surface area contributed by atoms with Crippen molar-refractivity contribution in [3.63, 3.8) is 0 Å². The molecule has 8 nitrogen and oxygen atoms in total. The minimum absolute atomic E-state index is 0.0247. The lowest BCUT2D eigenvalue weighted by Crippen LogP contribution is -2.40. The average molecular weight is 478 g/mol. The molecule has 0 saturated carbocycles. The van der Waals surface area contributed by atoms with Gasteiger partial charge in [-0.1, -0.05) is 19.9 Å². The molecule has 1 aliphatic heterocycles. The number of phenols is 3. The molecule has 0 fully saturated rings. The van der Waals surface area contributed by atoms with Gasteiger partial charge >= 0.3 is 0 Å². The number of anilines is 1. The molecule has 0 aromatic heterocycles. The van der Waals surface area contributed by atoms with Crippen LogP contribution in [0, 0.1) is 6.92 Å². The molecule has 35 heavy (non-hydrogen) atoms. The molecule has 0 saturated heterocycles. The minimum Gasteiger partial charge on any atom is -0.507 e. The number of fused-ring (bicyclic) bond motifs is 3. The maximum absolute atomic E-state index is 13.9. The number of carbonyl (C=O) groups excluding carboxylic acids is 3. The SMILES string of the molecule is CC(=O)c1c(O)c(C)c(O)c2c1OC1=CC(=O)C(=C(C)Nc3cc(C(C)C)ccc3O)C(=O)[C@@]12C. The fourth-order valence-corrected chi connectivity index (χ4v) is 4.64. The van der Waals surface area contributed by atoms with E-state index in [0.29, 0.717) is 5.69 Å². The van der Waals surface area contributed by atoms with Crippen LogP contribution in [0.1, 0.15) is 67.6 Å². The standard InChI is InChI=1S/C27H27NO7/c1-11(2)15-7-8-17(30)16(9-15)28-13(4)20-18(31)10-19-27(6,26(20)34)22-24(33)12(3)23(32)21(14(5)29)25(22)35-19/h7-11,28,30,32-33H,1-6H3/t27-/m0/s1. The maximum atomic E-state index is 13.9. The summed E-state index contributed by atoms with van der Waals surface area (Å²) < 4.78 is 5.77. The van der Waals surface area contributed by atoms with Crippen molar-refractivity contribution < 1.29 is 34.4 Å². The zero-order valence-electron chi connectivity index (χ0n) is 20.4. The van der Waals surface area contributed by atoms with Crippen molar-refractivity contribution >= 4 is 23.0 Å². The van der Waals surface area contributed by atoms with E-state index in [1.807, 2.05) is 13.8 Å². The molecule has 1 atom stereocenters. The summed E-state index contributed by atoms with van der Waals surface area (Å²) in [7, 11) is 0. The van der Waals surface area contributed by atoms with Crippen LogP contribution in [0.5, 0.6) is 23.0 Å². The Bertz CT molecular complexity index is 1400. The molecule has 0 bridgehead atoms. The Labute approximate surface area is 202 Å². The summed E-state index contributed by atoms with van der Waals surface area (Å²) in [5.41, 5.74) is -0.378. The first-order valence-corrected chi connectivity index (χ1v) is 11.2. The van der Waals surface area contributed by atoms with E-state index < -0.39 is 28.5 Å². The Morgan fingerprint density at radius 3 is 2.34 bits per heavy atom. The van der Waals surface area contributed by atoms with Crippen molar-refractivity contribution in [3.8, 4) is 23.0 Å². The Morgan fingerprint density at radius 2 is 1.74 bits per heavy atom. The number of carbonyl (C=O) groups is 3. The van der Waals surface area contributed by atoms with Crippen LogP contribution in [0.2, 0.25) is 0 Å². The van der Waals surface area contributed by atoms with E-state index in [-0.39, 0.29) is 56.9 Å². The van der Waals surface area contributed by atoms with Gasteiger partial charge in [-0.3, -0.25) is 14.4 Å². The van der Waals surface area contributed by atoms with Gasteiger partial charge in [0.1, 0.15) is 39.7 Å². The van der Waals surface area contributed by atoms with Gasteiger partial charge in [-0.25, -0.2) is 0 Å². The predicted molar refractivity (Wildman–Crippen MR) is 129 cm³/mol. The third-order valence-electron chi connectivity index (χ3n) is 6.77. The summed E-state index contributed by atoms with van der Waals surface area (Å²) in [6.07, 6.45) is 1.15. The van der Waals surface area contributed by atoms with Gasteiger partial charge in [0.15, 0.2) is 17.3 Å². The van der Waals surface area contributed by atoms with Crippen molar-refractivity contribution in [2.75, 3.05) is 5.32 Å². The topological polar surface area (TPSA) is 133 Å². The molecular formula is C27H27NO7. The van der Waals surface area contributed by atoms with E-state index >= 15 is 0 Å². The highest BCUT2D eigenvalue weighted by atomic mass is 16.5. The summed E-state index contributed by atoms with van der Waals surface area (Å²) in [5, 5.41) is 34.7. The normalized spacial score (nSPS) is 20.3. The van der Waals surface area contributed by atoms with Gasteiger partial charge in [0.25, 0.3) is 0 Å². The Morgan fingerprint density at radius 1 is 1.09 bits per heavy atom. The predicted octanol–water partition coefficient (Wildman–Crippen LogP) is 4.51. The van der Waals surface area contributed by atoms with Crippen molar-refractivity contribution in [3.05, 3.63) is 63.6 Å². The number of phenolic OH excluding ortho intramolecular Hbond substituents is 3. The first-order chi connectivity index (χ1) is 16.3. The highest BCUT2D eigenvalue weighted by Crippen LogP contribution is 2.57.